The molecule has 0 bridgehead atoms. The molecule has 0 saturated heterocycles. The van der Waals surface area contributed by atoms with Crippen LogP contribution in [0.3, 0.4) is 0 Å². The molecule has 0 spiro atoms. The van der Waals surface area contributed by atoms with E-state index in [2.05, 4.69) is 5.32 Å². The van der Waals surface area contributed by atoms with E-state index in [1.165, 1.54) is 19.3 Å². The van der Waals surface area contributed by atoms with Gasteiger partial charge in [-0.1, -0.05) is 61.8 Å². The van der Waals surface area contributed by atoms with Gasteiger partial charge in [-0.2, -0.15) is 4.21 Å². The number of thiocarbonyl (C=S) groups is 1. The van der Waals surface area contributed by atoms with Crippen molar-refractivity contribution < 1.29 is 22.8 Å². The summed E-state index contributed by atoms with van der Waals surface area (Å²) in [7, 11) is 0. The number of alkyl carbamates (subject to hydrolysis) is 1. The predicted molar refractivity (Wildman–Crippen MR) is 102 cm³/mol. The van der Waals surface area contributed by atoms with Crippen molar-refractivity contribution >= 4 is 35.0 Å². The molecule has 1 aliphatic rings. The van der Waals surface area contributed by atoms with Gasteiger partial charge in [-0.25, -0.2) is 4.79 Å². The molecule has 1 fully saturated rings. The van der Waals surface area contributed by atoms with Gasteiger partial charge in [0.25, 0.3) is 11.4 Å². The van der Waals surface area contributed by atoms with E-state index in [0.717, 1.165) is 18.4 Å². The first kappa shape index (κ1) is 21.7. The summed E-state index contributed by atoms with van der Waals surface area (Å²) >= 11 is 2.37. The Morgan fingerprint density at radius 3 is 2.40 bits per heavy atom. The van der Waals surface area contributed by atoms with Gasteiger partial charge in [0.15, 0.2) is 0 Å². The van der Waals surface area contributed by atoms with Gasteiger partial charge in [-0.15, -0.1) is 0 Å². The van der Waals surface area contributed by atoms with Crippen molar-refractivity contribution in [2.24, 2.45) is 0 Å². The highest BCUT2D eigenvalue weighted by atomic mass is 32.2. The van der Waals surface area contributed by atoms with Crippen molar-refractivity contribution in [2.45, 2.75) is 57.1 Å². The number of carbonyl (C=O) groups is 1. The van der Waals surface area contributed by atoms with Crippen molar-refractivity contribution in [3.63, 3.8) is 0 Å². The Labute approximate surface area is 156 Å². The van der Waals surface area contributed by atoms with E-state index < -0.39 is 17.0 Å². The van der Waals surface area contributed by atoms with Crippen molar-refractivity contribution in [1.82, 2.24) is 5.32 Å². The Kier molecular flexibility index (Phi) is 9.81. The molecule has 0 aromatic heterocycles. The number of benzene rings is 1. The first-order valence-electron chi connectivity index (χ1n) is 8.16. The van der Waals surface area contributed by atoms with E-state index >= 15 is 0 Å². The summed E-state index contributed by atoms with van der Waals surface area (Å²) in [6.07, 6.45) is 5.89. The lowest BCUT2D eigenvalue weighted by molar-refractivity contribution is 0.0256. The minimum atomic E-state index is -2.61. The summed E-state index contributed by atoms with van der Waals surface area (Å²) in [4.78, 5) is 12.2. The molecule has 1 aromatic rings. The average molecular weight is 388 g/mol. The number of ether oxygens (including phenoxy) is 1. The van der Waals surface area contributed by atoms with Crippen LogP contribution in [0.15, 0.2) is 30.3 Å². The van der Waals surface area contributed by atoms with Crippen LogP contribution in [-0.2, 0) is 21.7 Å². The molecule has 6 nitrogen and oxygen atoms in total. The SMILES string of the molecule is CC(CC=S)(OC(=O)NC1CCCCC1)c1ccccc1.O=S(O)O. The van der Waals surface area contributed by atoms with Gasteiger partial charge in [0.05, 0.1) is 0 Å². The van der Waals surface area contributed by atoms with Crippen LogP contribution in [-0.4, -0.2) is 30.8 Å². The van der Waals surface area contributed by atoms with Crippen LogP contribution in [0.1, 0.15) is 51.0 Å². The summed E-state index contributed by atoms with van der Waals surface area (Å²) in [5.74, 6) is 0. The molecule has 1 atom stereocenters. The number of rotatable bonds is 5. The lowest BCUT2D eigenvalue weighted by Crippen LogP contribution is -2.41. The molecule has 0 radical (unpaired) electrons. The summed E-state index contributed by atoms with van der Waals surface area (Å²) in [5.41, 5.74) is 0.256. The van der Waals surface area contributed by atoms with Crippen LogP contribution in [0.5, 0.6) is 0 Å². The maximum atomic E-state index is 12.2. The highest BCUT2D eigenvalue weighted by Crippen LogP contribution is 2.29. The third kappa shape index (κ3) is 8.53. The fourth-order valence-electron chi connectivity index (χ4n) is 2.82. The van der Waals surface area contributed by atoms with Crippen LogP contribution in [0.2, 0.25) is 0 Å². The third-order valence-corrected chi connectivity index (χ3v) is 4.27. The maximum Gasteiger partial charge on any atom is 0.408 e. The Balaban J connectivity index is 0.000000705. The first-order chi connectivity index (χ1) is 11.9. The zero-order chi connectivity index (χ0) is 18.7. The second-order valence-corrected chi connectivity index (χ2v) is 6.86. The van der Waals surface area contributed by atoms with Crippen molar-refractivity contribution in [3.8, 4) is 0 Å². The highest BCUT2D eigenvalue weighted by Gasteiger charge is 2.30. The fourth-order valence-corrected chi connectivity index (χ4v) is 3.13. The Morgan fingerprint density at radius 2 is 1.88 bits per heavy atom. The van der Waals surface area contributed by atoms with Gasteiger partial charge < -0.3 is 10.1 Å². The number of carbonyl (C=O) groups excluding carboxylic acids is 1. The summed E-state index contributed by atoms with van der Waals surface area (Å²) < 4.78 is 28.6. The van der Waals surface area contributed by atoms with E-state index in [-0.39, 0.29) is 12.1 Å². The Bertz CT molecular complexity index is 559. The van der Waals surface area contributed by atoms with Gasteiger partial charge in [-0.05, 0) is 30.7 Å². The Morgan fingerprint density at radius 1 is 1.32 bits per heavy atom. The van der Waals surface area contributed by atoms with E-state index in [9.17, 15) is 4.79 Å². The van der Waals surface area contributed by atoms with Crippen LogP contribution >= 0.6 is 12.2 Å². The highest BCUT2D eigenvalue weighted by molar-refractivity contribution is 7.78. The molecule has 1 unspecified atom stereocenters. The zero-order valence-corrected chi connectivity index (χ0v) is 15.9. The van der Waals surface area contributed by atoms with E-state index in [4.69, 9.17) is 30.3 Å². The second-order valence-electron chi connectivity index (χ2n) is 6.07. The monoisotopic (exact) mass is 387 g/mol. The van der Waals surface area contributed by atoms with Gasteiger partial charge in [-0.3, -0.25) is 9.11 Å². The van der Waals surface area contributed by atoms with Crippen LogP contribution < -0.4 is 5.32 Å². The molecule has 0 aliphatic heterocycles. The lowest BCUT2D eigenvalue weighted by Gasteiger charge is -2.30. The van der Waals surface area contributed by atoms with Crippen molar-refractivity contribution in [2.75, 3.05) is 0 Å². The van der Waals surface area contributed by atoms with E-state index in [1.54, 1.807) is 5.37 Å². The van der Waals surface area contributed by atoms with Gasteiger partial charge in [0.1, 0.15) is 5.60 Å². The largest absolute Gasteiger partial charge is 0.438 e. The molecule has 1 amide bonds. The number of hydrogen-bond donors (Lipinski definition) is 3. The first-order valence-corrected chi connectivity index (χ1v) is 9.69. The van der Waals surface area contributed by atoms with Crippen LogP contribution in [0.25, 0.3) is 0 Å². The molecule has 3 N–H and O–H groups in total. The number of amides is 1. The normalized spacial score (nSPS) is 17.0. The van der Waals surface area contributed by atoms with Crippen molar-refractivity contribution in [3.05, 3.63) is 35.9 Å². The van der Waals surface area contributed by atoms with Crippen molar-refractivity contribution in [1.29, 1.82) is 0 Å². The minimum absolute atomic E-state index is 0.249. The molecular formula is C17H25NO5S2. The lowest BCUT2D eigenvalue weighted by atomic mass is 9.93. The molecule has 8 heteroatoms. The molecule has 2 rings (SSSR count). The standard InChI is InChI=1S/C17H23NO2S.H2O3S/c1-17(12-13-21,14-8-4-2-5-9-14)20-16(19)18-15-10-6-3-7-11-15;1-4(2)3/h2,4-5,8-9,13,15H,3,6-7,10-12H2,1H3,(H,18,19);(H2,1,2,3). The van der Waals surface area contributed by atoms with Gasteiger partial charge >= 0.3 is 6.09 Å². The Hall–Kier alpha value is -1.35. The quantitative estimate of drug-likeness (QED) is 0.521. The van der Waals surface area contributed by atoms with E-state index in [0.29, 0.717) is 6.42 Å². The zero-order valence-electron chi connectivity index (χ0n) is 14.2. The smallest absolute Gasteiger partial charge is 0.408 e. The van der Waals surface area contributed by atoms with Gasteiger partial charge in [0, 0.05) is 12.5 Å². The van der Waals surface area contributed by atoms with E-state index in [1.807, 2.05) is 37.3 Å². The average Bonchev–Trinajstić information content (AvgIpc) is 2.56. The minimum Gasteiger partial charge on any atom is -0.438 e. The molecule has 140 valence electrons. The summed E-state index contributed by atoms with van der Waals surface area (Å²) in [6, 6.07) is 10.0. The second kappa shape index (κ2) is 11.3. The number of nitrogens with one attached hydrogen (secondary N) is 1. The maximum absolute atomic E-state index is 12.2. The third-order valence-electron chi connectivity index (χ3n) is 4.10. The molecule has 0 heterocycles. The number of hydrogen-bond acceptors (Lipinski definition) is 4. The molecule has 25 heavy (non-hydrogen) atoms. The molecular weight excluding hydrogens is 362 g/mol. The fraction of sp³-hybridized carbons (Fsp3) is 0.529. The summed E-state index contributed by atoms with van der Waals surface area (Å²) in [5, 5.41) is 4.62. The van der Waals surface area contributed by atoms with Crippen LogP contribution in [0, 0.1) is 0 Å². The molecule has 1 saturated carbocycles. The van der Waals surface area contributed by atoms with Gasteiger partial charge in [0.2, 0.25) is 0 Å². The topological polar surface area (TPSA) is 95.9 Å². The molecule has 1 aromatic carbocycles. The van der Waals surface area contributed by atoms with Crippen LogP contribution in [0.4, 0.5) is 4.79 Å². The summed E-state index contributed by atoms with van der Waals surface area (Å²) in [6.45, 7) is 1.91. The predicted octanol–water partition coefficient (Wildman–Crippen LogP) is 4.03. The molecule has 1 aliphatic carbocycles.